The molecule has 1 aliphatic carbocycles. The first kappa shape index (κ1) is 18.0. The number of benzene rings is 1. The van der Waals surface area contributed by atoms with Gasteiger partial charge in [-0.25, -0.2) is 9.97 Å². The van der Waals surface area contributed by atoms with Gasteiger partial charge in [-0.15, -0.1) is 0 Å². The minimum Gasteiger partial charge on any atom is -0.342 e. The Balaban J connectivity index is 1.44. The topological polar surface area (TPSA) is 58.1 Å². The largest absolute Gasteiger partial charge is 0.342 e. The van der Waals surface area contributed by atoms with Crippen LogP contribution in [0.3, 0.4) is 0 Å². The van der Waals surface area contributed by atoms with Gasteiger partial charge in [0.15, 0.2) is 0 Å². The molecule has 2 aliphatic rings. The Hall–Kier alpha value is -2.43. The monoisotopic (exact) mass is 364 g/mol. The normalized spacial score (nSPS) is 20.6. The SMILES string of the molecule is Cc1ccc(Nc2nccc([C@H]3CCCN(C(=O)C4CCCC4)C3)n2)cc1. The zero-order chi connectivity index (χ0) is 18.6. The molecule has 142 valence electrons. The van der Waals surface area contributed by atoms with Crippen LogP contribution in [0.2, 0.25) is 0 Å². The lowest BCUT2D eigenvalue weighted by molar-refractivity contribution is -0.136. The van der Waals surface area contributed by atoms with Crippen LogP contribution in [-0.4, -0.2) is 33.9 Å². The number of aromatic nitrogens is 2. The van der Waals surface area contributed by atoms with E-state index in [9.17, 15) is 4.79 Å². The molecule has 1 aromatic heterocycles. The van der Waals surface area contributed by atoms with Gasteiger partial charge in [0.25, 0.3) is 0 Å². The van der Waals surface area contributed by atoms with Crippen LogP contribution >= 0.6 is 0 Å². The highest BCUT2D eigenvalue weighted by molar-refractivity contribution is 5.79. The highest BCUT2D eigenvalue weighted by Crippen LogP contribution is 2.31. The highest BCUT2D eigenvalue weighted by atomic mass is 16.2. The van der Waals surface area contributed by atoms with E-state index in [0.29, 0.717) is 17.8 Å². The number of nitrogens with zero attached hydrogens (tertiary/aromatic N) is 3. The lowest BCUT2D eigenvalue weighted by Crippen LogP contribution is -2.42. The van der Waals surface area contributed by atoms with Crippen LogP contribution in [0.4, 0.5) is 11.6 Å². The molecule has 1 amide bonds. The van der Waals surface area contributed by atoms with Crippen LogP contribution < -0.4 is 5.32 Å². The van der Waals surface area contributed by atoms with E-state index in [-0.39, 0.29) is 5.92 Å². The van der Waals surface area contributed by atoms with Gasteiger partial charge in [-0.05, 0) is 50.8 Å². The molecule has 5 nitrogen and oxygen atoms in total. The van der Waals surface area contributed by atoms with Gasteiger partial charge in [0.2, 0.25) is 11.9 Å². The first-order valence-corrected chi connectivity index (χ1v) is 10.1. The molecule has 0 unspecified atom stereocenters. The summed E-state index contributed by atoms with van der Waals surface area (Å²) >= 11 is 0. The smallest absolute Gasteiger partial charge is 0.227 e. The van der Waals surface area contributed by atoms with E-state index in [1.165, 1.54) is 18.4 Å². The minimum absolute atomic E-state index is 0.257. The number of nitrogens with one attached hydrogen (secondary N) is 1. The molecule has 1 saturated heterocycles. The Morgan fingerprint density at radius 1 is 1.07 bits per heavy atom. The molecule has 0 spiro atoms. The van der Waals surface area contributed by atoms with E-state index in [0.717, 1.165) is 50.2 Å². The number of hydrogen-bond donors (Lipinski definition) is 1. The van der Waals surface area contributed by atoms with Crippen molar-refractivity contribution < 1.29 is 4.79 Å². The van der Waals surface area contributed by atoms with Crippen molar-refractivity contribution in [3.05, 3.63) is 47.8 Å². The lowest BCUT2D eigenvalue weighted by Gasteiger charge is -2.34. The van der Waals surface area contributed by atoms with Crippen molar-refractivity contribution in [1.82, 2.24) is 14.9 Å². The summed E-state index contributed by atoms with van der Waals surface area (Å²) < 4.78 is 0. The Morgan fingerprint density at radius 3 is 2.63 bits per heavy atom. The fourth-order valence-corrected chi connectivity index (χ4v) is 4.28. The molecule has 27 heavy (non-hydrogen) atoms. The van der Waals surface area contributed by atoms with Crippen LogP contribution in [0.5, 0.6) is 0 Å². The van der Waals surface area contributed by atoms with Crippen LogP contribution in [-0.2, 0) is 4.79 Å². The van der Waals surface area contributed by atoms with Gasteiger partial charge in [-0.2, -0.15) is 0 Å². The third kappa shape index (κ3) is 4.29. The van der Waals surface area contributed by atoms with Crippen LogP contribution in [0.15, 0.2) is 36.5 Å². The molecular weight excluding hydrogens is 336 g/mol. The van der Waals surface area contributed by atoms with Crippen molar-refractivity contribution in [1.29, 1.82) is 0 Å². The number of hydrogen-bond acceptors (Lipinski definition) is 4. The third-order valence-corrected chi connectivity index (χ3v) is 5.84. The summed E-state index contributed by atoms with van der Waals surface area (Å²) in [4.78, 5) is 24.0. The van der Waals surface area contributed by atoms with Gasteiger partial charge in [0.05, 0.1) is 5.69 Å². The summed E-state index contributed by atoms with van der Waals surface area (Å²) in [7, 11) is 0. The van der Waals surface area contributed by atoms with E-state index in [2.05, 4.69) is 34.3 Å². The van der Waals surface area contributed by atoms with E-state index < -0.39 is 0 Å². The van der Waals surface area contributed by atoms with Crippen molar-refractivity contribution in [2.45, 2.75) is 51.4 Å². The number of anilines is 2. The van der Waals surface area contributed by atoms with E-state index >= 15 is 0 Å². The minimum atomic E-state index is 0.257. The van der Waals surface area contributed by atoms with E-state index in [1.54, 1.807) is 0 Å². The molecule has 1 N–H and O–H groups in total. The molecule has 1 aliphatic heterocycles. The molecule has 2 fully saturated rings. The zero-order valence-electron chi connectivity index (χ0n) is 16.0. The van der Waals surface area contributed by atoms with E-state index in [4.69, 9.17) is 4.98 Å². The summed E-state index contributed by atoms with van der Waals surface area (Å²) in [5.74, 6) is 1.54. The summed E-state index contributed by atoms with van der Waals surface area (Å²) in [5.41, 5.74) is 3.24. The molecular formula is C22H28N4O. The third-order valence-electron chi connectivity index (χ3n) is 5.84. The molecule has 2 heterocycles. The summed E-state index contributed by atoms with van der Waals surface area (Å²) in [6.07, 6.45) is 8.48. The maximum absolute atomic E-state index is 12.8. The Morgan fingerprint density at radius 2 is 1.85 bits per heavy atom. The predicted octanol–water partition coefficient (Wildman–Crippen LogP) is 4.42. The summed E-state index contributed by atoms with van der Waals surface area (Å²) in [6.45, 7) is 3.75. The highest BCUT2D eigenvalue weighted by Gasteiger charge is 2.31. The fraction of sp³-hybridized carbons (Fsp3) is 0.500. The van der Waals surface area contributed by atoms with Gasteiger partial charge in [0.1, 0.15) is 0 Å². The van der Waals surface area contributed by atoms with Crippen molar-refractivity contribution in [2.75, 3.05) is 18.4 Å². The van der Waals surface area contributed by atoms with Crippen molar-refractivity contribution in [2.24, 2.45) is 5.92 Å². The number of carbonyl (C=O) groups is 1. The quantitative estimate of drug-likeness (QED) is 0.872. The lowest BCUT2D eigenvalue weighted by atomic mass is 9.93. The second kappa shape index (κ2) is 8.07. The maximum Gasteiger partial charge on any atom is 0.227 e. The molecule has 1 saturated carbocycles. The molecule has 4 rings (SSSR count). The standard InChI is InChI=1S/C22H28N4O/c1-16-8-10-19(11-9-16)24-22-23-13-12-20(25-22)18-7-4-14-26(15-18)21(27)17-5-2-3-6-17/h8-13,17-18H,2-7,14-15H2,1H3,(H,23,24,25)/t18-/m0/s1. The first-order valence-electron chi connectivity index (χ1n) is 10.1. The predicted molar refractivity (Wildman–Crippen MR) is 107 cm³/mol. The van der Waals surface area contributed by atoms with Gasteiger partial charge >= 0.3 is 0 Å². The Labute approximate surface area is 161 Å². The zero-order valence-corrected chi connectivity index (χ0v) is 16.0. The number of likely N-dealkylation sites (tertiary alicyclic amines) is 1. The second-order valence-electron chi connectivity index (χ2n) is 7.90. The number of rotatable bonds is 4. The number of piperidine rings is 1. The van der Waals surface area contributed by atoms with Gasteiger partial charge in [-0.1, -0.05) is 30.5 Å². The second-order valence-corrected chi connectivity index (χ2v) is 7.90. The Bertz CT molecular complexity index is 783. The average Bonchev–Trinajstić information content (AvgIpc) is 3.24. The van der Waals surface area contributed by atoms with Gasteiger partial charge in [0, 0.05) is 36.8 Å². The van der Waals surface area contributed by atoms with Gasteiger partial charge in [-0.3, -0.25) is 4.79 Å². The van der Waals surface area contributed by atoms with Crippen molar-refractivity contribution in [3.8, 4) is 0 Å². The van der Waals surface area contributed by atoms with Gasteiger partial charge < -0.3 is 10.2 Å². The molecule has 2 aromatic rings. The maximum atomic E-state index is 12.8. The molecule has 0 radical (unpaired) electrons. The molecule has 5 heteroatoms. The van der Waals surface area contributed by atoms with Crippen molar-refractivity contribution >= 4 is 17.5 Å². The summed E-state index contributed by atoms with van der Waals surface area (Å²) in [6, 6.07) is 10.2. The van der Waals surface area contributed by atoms with E-state index in [1.807, 2.05) is 24.4 Å². The number of aryl methyl sites for hydroxylation is 1. The van der Waals surface area contributed by atoms with Crippen LogP contribution in [0.25, 0.3) is 0 Å². The van der Waals surface area contributed by atoms with Crippen LogP contribution in [0, 0.1) is 12.8 Å². The van der Waals surface area contributed by atoms with Crippen LogP contribution in [0.1, 0.15) is 55.7 Å². The fourth-order valence-electron chi connectivity index (χ4n) is 4.28. The molecule has 1 atom stereocenters. The molecule has 0 bridgehead atoms. The van der Waals surface area contributed by atoms with Crippen molar-refractivity contribution in [3.63, 3.8) is 0 Å². The average molecular weight is 364 g/mol. The Kier molecular flexibility index (Phi) is 5.37. The summed E-state index contributed by atoms with van der Waals surface area (Å²) in [5, 5.41) is 3.29. The molecule has 1 aromatic carbocycles. The number of carbonyl (C=O) groups excluding carboxylic acids is 1. The first-order chi connectivity index (χ1) is 13.2. The number of amides is 1.